The Morgan fingerprint density at radius 1 is 0.340 bits per heavy atom. The second-order valence-electron chi connectivity index (χ2n) is 12.5. The molecule has 10 aromatic rings. The van der Waals surface area contributed by atoms with Crippen LogP contribution < -0.4 is 0 Å². The average Bonchev–Trinajstić information content (AvgIpc) is 3.72. The maximum Gasteiger partial charge on any atom is 0.238 e. The second-order valence-corrected chi connectivity index (χ2v) is 13.6. The van der Waals surface area contributed by atoms with Crippen LogP contribution in [0.3, 0.4) is 0 Å². The smallest absolute Gasteiger partial charge is 0.238 e. The van der Waals surface area contributed by atoms with E-state index < -0.39 is 0 Å². The number of thiophene rings is 1. The molecule has 4 nitrogen and oxygen atoms in total. The van der Waals surface area contributed by atoms with Crippen molar-refractivity contribution >= 4 is 53.3 Å². The first-order chi connectivity index (χ1) is 24.8. The van der Waals surface area contributed by atoms with Crippen LogP contribution in [0.15, 0.2) is 170 Å². The van der Waals surface area contributed by atoms with E-state index in [0.717, 1.165) is 27.7 Å². The standard InChI is InChI=1S/C45H28N4S/c1-4-12-29(13-5-1)31-20-22-33(23-21-31)44-46-43(32-16-8-3-9-17-32)47-45(48-44)49-39-19-11-10-18-35(39)36-27-38-37-26-34(30-14-6-2-7-15-30)24-25-41(37)50-42(38)28-40(36)49/h1-28H. The zero-order valence-electron chi connectivity index (χ0n) is 26.9. The van der Waals surface area contributed by atoms with E-state index >= 15 is 0 Å². The van der Waals surface area contributed by atoms with E-state index in [1.165, 1.54) is 47.6 Å². The van der Waals surface area contributed by atoms with Gasteiger partial charge < -0.3 is 0 Å². The topological polar surface area (TPSA) is 43.6 Å². The highest BCUT2D eigenvalue weighted by molar-refractivity contribution is 7.25. The molecule has 0 atom stereocenters. The SMILES string of the molecule is c1ccc(-c2ccc(-c3nc(-c4ccccc4)nc(-n4c5ccccc5c5cc6c(cc54)sc4ccc(-c5ccccc5)cc46)n3)cc2)cc1. The maximum absolute atomic E-state index is 5.19. The van der Waals surface area contributed by atoms with Gasteiger partial charge in [0, 0.05) is 42.1 Å². The Balaban J connectivity index is 1.19. The van der Waals surface area contributed by atoms with Crippen LogP contribution in [0.25, 0.3) is 93.0 Å². The van der Waals surface area contributed by atoms with Gasteiger partial charge in [0.05, 0.1) is 11.0 Å². The molecule has 0 aliphatic rings. The van der Waals surface area contributed by atoms with Crippen molar-refractivity contribution in [3.8, 4) is 51.0 Å². The molecule has 0 spiro atoms. The maximum atomic E-state index is 5.19. The molecule has 0 fully saturated rings. The first-order valence-corrected chi connectivity index (χ1v) is 17.5. The predicted octanol–water partition coefficient (Wildman–Crippen LogP) is 12.0. The monoisotopic (exact) mass is 656 g/mol. The summed E-state index contributed by atoms with van der Waals surface area (Å²) in [5.41, 5.74) is 8.79. The molecule has 0 aliphatic carbocycles. The van der Waals surface area contributed by atoms with E-state index in [1.54, 1.807) is 0 Å². The summed E-state index contributed by atoms with van der Waals surface area (Å²) in [6.07, 6.45) is 0. The van der Waals surface area contributed by atoms with E-state index in [4.69, 9.17) is 15.0 Å². The molecule has 234 valence electrons. The van der Waals surface area contributed by atoms with Gasteiger partial charge in [-0.25, -0.2) is 4.98 Å². The van der Waals surface area contributed by atoms with Crippen molar-refractivity contribution in [3.05, 3.63) is 170 Å². The molecule has 0 saturated carbocycles. The summed E-state index contributed by atoms with van der Waals surface area (Å²) >= 11 is 1.83. The first-order valence-electron chi connectivity index (χ1n) is 16.7. The van der Waals surface area contributed by atoms with Crippen molar-refractivity contribution in [1.82, 2.24) is 19.5 Å². The summed E-state index contributed by atoms with van der Waals surface area (Å²) in [5, 5.41) is 4.88. The molecule has 3 aromatic heterocycles. The van der Waals surface area contributed by atoms with Crippen molar-refractivity contribution in [2.75, 3.05) is 0 Å². The lowest BCUT2D eigenvalue weighted by Crippen LogP contribution is -2.06. The number of aromatic nitrogens is 4. The molecule has 10 rings (SSSR count). The van der Waals surface area contributed by atoms with Crippen LogP contribution in [0.4, 0.5) is 0 Å². The van der Waals surface area contributed by atoms with Crippen molar-refractivity contribution in [3.63, 3.8) is 0 Å². The molecular formula is C45H28N4S. The number of fused-ring (bicyclic) bond motifs is 6. The fraction of sp³-hybridized carbons (Fsp3) is 0. The number of benzene rings is 7. The summed E-state index contributed by atoms with van der Waals surface area (Å²) in [6, 6.07) is 59.7. The Bertz CT molecular complexity index is 2840. The van der Waals surface area contributed by atoms with Crippen LogP contribution in [-0.2, 0) is 0 Å². The summed E-state index contributed by atoms with van der Waals surface area (Å²) in [7, 11) is 0. The Labute approximate surface area is 292 Å². The third kappa shape index (κ3) is 4.79. The lowest BCUT2D eigenvalue weighted by atomic mass is 10.0. The van der Waals surface area contributed by atoms with Gasteiger partial charge in [-0.2, -0.15) is 9.97 Å². The molecular weight excluding hydrogens is 629 g/mol. The minimum atomic E-state index is 0.596. The quantitative estimate of drug-likeness (QED) is 0.185. The van der Waals surface area contributed by atoms with Gasteiger partial charge in [-0.3, -0.25) is 4.57 Å². The van der Waals surface area contributed by atoms with Crippen LogP contribution in [-0.4, -0.2) is 19.5 Å². The highest BCUT2D eigenvalue weighted by atomic mass is 32.1. The van der Waals surface area contributed by atoms with Crippen LogP contribution in [0.1, 0.15) is 0 Å². The number of rotatable bonds is 5. The van der Waals surface area contributed by atoms with Gasteiger partial charge in [0.2, 0.25) is 5.95 Å². The Hall–Kier alpha value is -6.43. The van der Waals surface area contributed by atoms with Crippen molar-refractivity contribution in [2.45, 2.75) is 0 Å². The van der Waals surface area contributed by atoms with Gasteiger partial charge >= 0.3 is 0 Å². The molecule has 0 saturated heterocycles. The van der Waals surface area contributed by atoms with Crippen molar-refractivity contribution in [2.24, 2.45) is 0 Å². The lowest BCUT2D eigenvalue weighted by Gasteiger charge is -2.11. The van der Waals surface area contributed by atoms with Gasteiger partial charge in [0.1, 0.15) is 0 Å². The van der Waals surface area contributed by atoms with E-state index in [9.17, 15) is 0 Å². The minimum absolute atomic E-state index is 0.596. The lowest BCUT2D eigenvalue weighted by molar-refractivity contribution is 0.954. The number of hydrogen-bond donors (Lipinski definition) is 0. The minimum Gasteiger partial charge on any atom is -0.278 e. The van der Waals surface area contributed by atoms with Crippen LogP contribution >= 0.6 is 11.3 Å². The Kier molecular flexibility index (Phi) is 6.64. The summed E-state index contributed by atoms with van der Waals surface area (Å²) in [4.78, 5) is 15.4. The van der Waals surface area contributed by atoms with E-state index in [1.807, 2.05) is 35.6 Å². The first kappa shape index (κ1) is 28.6. The molecule has 5 heteroatoms. The molecule has 0 amide bonds. The van der Waals surface area contributed by atoms with Crippen molar-refractivity contribution < 1.29 is 0 Å². The van der Waals surface area contributed by atoms with Gasteiger partial charge in [0.25, 0.3) is 0 Å². The number of nitrogens with zero attached hydrogens (tertiary/aromatic N) is 4. The second kappa shape index (κ2) is 11.6. The van der Waals surface area contributed by atoms with Crippen LogP contribution in [0, 0.1) is 0 Å². The molecule has 7 aromatic carbocycles. The van der Waals surface area contributed by atoms with Gasteiger partial charge in [-0.15, -0.1) is 11.3 Å². The van der Waals surface area contributed by atoms with Crippen molar-refractivity contribution in [1.29, 1.82) is 0 Å². The predicted molar refractivity (Wildman–Crippen MR) is 209 cm³/mol. The third-order valence-corrected chi connectivity index (χ3v) is 10.6. The molecule has 3 heterocycles. The third-order valence-electron chi connectivity index (χ3n) is 9.48. The van der Waals surface area contributed by atoms with Crippen LogP contribution in [0.5, 0.6) is 0 Å². The van der Waals surface area contributed by atoms with Gasteiger partial charge in [-0.05, 0) is 52.6 Å². The van der Waals surface area contributed by atoms with E-state index in [0.29, 0.717) is 17.6 Å². The van der Waals surface area contributed by atoms with E-state index in [-0.39, 0.29) is 0 Å². The van der Waals surface area contributed by atoms with Crippen LogP contribution in [0.2, 0.25) is 0 Å². The molecule has 0 unspecified atom stereocenters. The zero-order valence-corrected chi connectivity index (χ0v) is 27.7. The molecule has 0 N–H and O–H groups in total. The summed E-state index contributed by atoms with van der Waals surface area (Å²) in [5.74, 6) is 1.87. The fourth-order valence-electron chi connectivity index (χ4n) is 7.02. The average molecular weight is 657 g/mol. The highest BCUT2D eigenvalue weighted by Crippen LogP contribution is 2.41. The largest absolute Gasteiger partial charge is 0.278 e. The summed E-state index contributed by atoms with van der Waals surface area (Å²) < 4.78 is 4.71. The normalized spacial score (nSPS) is 11.6. The Morgan fingerprint density at radius 3 is 1.56 bits per heavy atom. The fourth-order valence-corrected chi connectivity index (χ4v) is 8.12. The zero-order chi connectivity index (χ0) is 33.0. The molecule has 0 bridgehead atoms. The molecule has 0 aliphatic heterocycles. The molecule has 0 radical (unpaired) electrons. The van der Waals surface area contributed by atoms with Gasteiger partial charge in [-0.1, -0.05) is 140 Å². The van der Waals surface area contributed by atoms with E-state index in [2.05, 4.69) is 150 Å². The number of para-hydroxylation sites is 1. The molecule has 50 heavy (non-hydrogen) atoms. The Morgan fingerprint density at radius 2 is 0.860 bits per heavy atom. The summed E-state index contributed by atoms with van der Waals surface area (Å²) in [6.45, 7) is 0. The highest BCUT2D eigenvalue weighted by Gasteiger charge is 2.20. The van der Waals surface area contributed by atoms with Gasteiger partial charge in [0.15, 0.2) is 11.6 Å². The number of hydrogen-bond acceptors (Lipinski definition) is 4.